The van der Waals surface area contributed by atoms with Crippen LogP contribution in [0.15, 0.2) is 34.9 Å². The molecule has 4 nitrogen and oxygen atoms in total. The topological polar surface area (TPSA) is 41.3 Å². The molecule has 5 heteroatoms. The maximum absolute atomic E-state index is 6.03. The first-order valence-electron chi connectivity index (χ1n) is 7.91. The molecule has 1 aromatic heterocycles. The molecule has 4 rings (SSSR count). The first-order valence-corrected chi connectivity index (χ1v) is 8.29. The molecule has 1 N–H and O–H groups in total. The lowest BCUT2D eigenvalue weighted by molar-refractivity contribution is 0.141. The Bertz CT molecular complexity index is 657. The van der Waals surface area contributed by atoms with E-state index in [1.54, 1.807) is 6.26 Å². The Morgan fingerprint density at radius 1 is 1.32 bits per heavy atom. The zero-order chi connectivity index (χ0) is 14.9. The molecule has 116 valence electrons. The highest BCUT2D eigenvalue weighted by Crippen LogP contribution is 2.28. The molecule has 2 unspecified atom stereocenters. The third kappa shape index (κ3) is 2.91. The van der Waals surface area contributed by atoms with Crippen molar-refractivity contribution in [2.24, 2.45) is 11.8 Å². The van der Waals surface area contributed by atoms with Gasteiger partial charge in [-0.15, -0.1) is 0 Å². The second kappa shape index (κ2) is 6.03. The Morgan fingerprint density at radius 2 is 2.23 bits per heavy atom. The molecule has 2 aliphatic rings. The quantitative estimate of drug-likeness (QED) is 0.944. The highest BCUT2D eigenvalue weighted by molar-refractivity contribution is 6.30. The number of piperidine rings is 1. The van der Waals surface area contributed by atoms with Crippen LogP contribution in [0.2, 0.25) is 5.02 Å². The summed E-state index contributed by atoms with van der Waals surface area (Å²) in [5, 5.41) is 4.21. The van der Waals surface area contributed by atoms with Gasteiger partial charge in [-0.2, -0.15) is 0 Å². The highest BCUT2D eigenvalue weighted by Gasteiger charge is 2.32. The summed E-state index contributed by atoms with van der Waals surface area (Å²) in [4.78, 5) is 7.11. The minimum atomic E-state index is 0.648. The standard InChI is InChI=1S/C17H20ClN3O/c18-15-3-1-2-12(6-15)17-20-16(11-22-17)10-21-5-4-13-7-19-8-14(13)9-21/h1-3,6,11,13-14,19H,4-5,7-10H2. The summed E-state index contributed by atoms with van der Waals surface area (Å²) in [5.74, 6) is 2.32. The van der Waals surface area contributed by atoms with Gasteiger partial charge in [0, 0.05) is 23.7 Å². The van der Waals surface area contributed by atoms with Crippen LogP contribution in [-0.4, -0.2) is 36.1 Å². The van der Waals surface area contributed by atoms with Gasteiger partial charge in [-0.25, -0.2) is 4.98 Å². The summed E-state index contributed by atoms with van der Waals surface area (Å²) >= 11 is 6.03. The number of oxazole rings is 1. The van der Waals surface area contributed by atoms with Gasteiger partial charge in [-0.05, 0) is 56.1 Å². The summed E-state index contributed by atoms with van der Waals surface area (Å²) in [5.41, 5.74) is 1.93. The maximum Gasteiger partial charge on any atom is 0.226 e. The van der Waals surface area contributed by atoms with Crippen molar-refractivity contribution in [3.63, 3.8) is 0 Å². The number of nitrogens with zero attached hydrogens (tertiary/aromatic N) is 2. The number of benzene rings is 1. The monoisotopic (exact) mass is 317 g/mol. The van der Waals surface area contributed by atoms with Crippen LogP contribution in [0.5, 0.6) is 0 Å². The zero-order valence-electron chi connectivity index (χ0n) is 12.5. The van der Waals surface area contributed by atoms with Crippen LogP contribution in [0.1, 0.15) is 12.1 Å². The zero-order valence-corrected chi connectivity index (χ0v) is 13.2. The number of hydrogen-bond donors (Lipinski definition) is 1. The predicted molar refractivity (Wildman–Crippen MR) is 86.7 cm³/mol. The average molecular weight is 318 g/mol. The largest absolute Gasteiger partial charge is 0.444 e. The SMILES string of the molecule is Clc1cccc(-c2nc(CN3CCC4CNCC4C3)co2)c1. The van der Waals surface area contributed by atoms with Gasteiger partial charge < -0.3 is 9.73 Å². The van der Waals surface area contributed by atoms with Crippen LogP contribution in [0.25, 0.3) is 11.5 Å². The minimum absolute atomic E-state index is 0.648. The summed E-state index contributed by atoms with van der Waals surface area (Å²) in [6.45, 7) is 5.54. The van der Waals surface area contributed by atoms with Gasteiger partial charge in [0.15, 0.2) is 0 Å². The van der Waals surface area contributed by atoms with E-state index >= 15 is 0 Å². The first kappa shape index (κ1) is 14.2. The fourth-order valence-electron chi connectivity index (χ4n) is 3.62. The number of nitrogens with one attached hydrogen (secondary N) is 1. The lowest BCUT2D eigenvalue weighted by Gasteiger charge is -2.33. The number of rotatable bonds is 3. The van der Waals surface area contributed by atoms with Crippen LogP contribution in [0, 0.1) is 11.8 Å². The molecule has 0 aliphatic carbocycles. The van der Waals surface area contributed by atoms with E-state index in [-0.39, 0.29) is 0 Å². The predicted octanol–water partition coefficient (Wildman–Crippen LogP) is 3.04. The fraction of sp³-hybridized carbons (Fsp3) is 0.471. The molecule has 2 aromatic rings. The van der Waals surface area contributed by atoms with Crippen molar-refractivity contribution >= 4 is 11.6 Å². The fourth-order valence-corrected chi connectivity index (χ4v) is 3.81. The smallest absolute Gasteiger partial charge is 0.226 e. The Morgan fingerprint density at radius 3 is 3.14 bits per heavy atom. The van der Waals surface area contributed by atoms with Crippen molar-refractivity contribution in [3.8, 4) is 11.5 Å². The molecule has 2 fully saturated rings. The third-order valence-corrected chi connectivity index (χ3v) is 5.03. The molecule has 22 heavy (non-hydrogen) atoms. The van der Waals surface area contributed by atoms with Crippen molar-refractivity contribution in [3.05, 3.63) is 41.2 Å². The Kier molecular flexibility index (Phi) is 3.90. The molecule has 0 radical (unpaired) electrons. The minimum Gasteiger partial charge on any atom is -0.444 e. The van der Waals surface area contributed by atoms with E-state index in [9.17, 15) is 0 Å². The molecular weight excluding hydrogens is 298 g/mol. The van der Waals surface area contributed by atoms with E-state index in [1.807, 2.05) is 24.3 Å². The molecule has 0 amide bonds. The number of aromatic nitrogens is 1. The molecule has 0 saturated carbocycles. The van der Waals surface area contributed by atoms with E-state index < -0.39 is 0 Å². The lowest BCUT2D eigenvalue weighted by Crippen LogP contribution is -2.39. The summed E-state index contributed by atoms with van der Waals surface area (Å²) in [6, 6.07) is 7.62. The second-order valence-electron chi connectivity index (χ2n) is 6.36. The molecule has 2 atom stereocenters. The Hall–Kier alpha value is -1.36. The van der Waals surface area contributed by atoms with Gasteiger partial charge in [0.25, 0.3) is 0 Å². The molecule has 3 heterocycles. The Balaban J connectivity index is 1.44. The number of halogens is 1. The van der Waals surface area contributed by atoms with Crippen molar-refractivity contribution in [1.29, 1.82) is 0 Å². The average Bonchev–Trinajstić information content (AvgIpc) is 3.16. The number of fused-ring (bicyclic) bond motifs is 1. The van der Waals surface area contributed by atoms with Crippen LogP contribution in [-0.2, 0) is 6.54 Å². The summed E-state index contributed by atoms with van der Waals surface area (Å²) in [7, 11) is 0. The first-order chi connectivity index (χ1) is 10.8. The van der Waals surface area contributed by atoms with Crippen LogP contribution in [0.3, 0.4) is 0 Å². The molecule has 2 saturated heterocycles. The van der Waals surface area contributed by atoms with Gasteiger partial charge >= 0.3 is 0 Å². The summed E-state index contributed by atoms with van der Waals surface area (Å²) < 4.78 is 5.63. The van der Waals surface area contributed by atoms with Crippen molar-refractivity contribution in [2.45, 2.75) is 13.0 Å². The normalized spacial score (nSPS) is 25.3. The molecular formula is C17H20ClN3O. The Labute approximate surface area is 135 Å². The third-order valence-electron chi connectivity index (χ3n) is 4.80. The van der Waals surface area contributed by atoms with Gasteiger partial charge in [0.1, 0.15) is 6.26 Å². The highest BCUT2D eigenvalue weighted by atomic mass is 35.5. The van der Waals surface area contributed by atoms with Crippen LogP contribution < -0.4 is 5.32 Å². The lowest BCUT2D eigenvalue weighted by atomic mass is 9.89. The van der Waals surface area contributed by atoms with Crippen LogP contribution >= 0.6 is 11.6 Å². The number of hydrogen-bond acceptors (Lipinski definition) is 4. The van der Waals surface area contributed by atoms with Crippen LogP contribution in [0.4, 0.5) is 0 Å². The molecule has 0 spiro atoms. The van der Waals surface area contributed by atoms with Crippen molar-refractivity contribution in [1.82, 2.24) is 15.2 Å². The molecule has 2 aliphatic heterocycles. The van der Waals surface area contributed by atoms with E-state index in [0.29, 0.717) is 10.9 Å². The van der Waals surface area contributed by atoms with Crippen molar-refractivity contribution < 1.29 is 4.42 Å². The van der Waals surface area contributed by atoms with E-state index in [4.69, 9.17) is 16.0 Å². The van der Waals surface area contributed by atoms with Gasteiger partial charge in [-0.3, -0.25) is 4.90 Å². The molecule has 0 bridgehead atoms. The van der Waals surface area contributed by atoms with E-state index in [1.165, 1.54) is 13.0 Å². The van der Waals surface area contributed by atoms with Gasteiger partial charge in [-0.1, -0.05) is 17.7 Å². The number of likely N-dealkylation sites (tertiary alicyclic amines) is 1. The van der Waals surface area contributed by atoms with Gasteiger partial charge in [0.05, 0.1) is 5.69 Å². The van der Waals surface area contributed by atoms with Gasteiger partial charge in [0.2, 0.25) is 5.89 Å². The second-order valence-corrected chi connectivity index (χ2v) is 6.79. The summed E-state index contributed by atoms with van der Waals surface area (Å²) in [6.07, 6.45) is 3.06. The van der Waals surface area contributed by atoms with E-state index in [0.717, 1.165) is 49.3 Å². The molecule has 1 aromatic carbocycles. The van der Waals surface area contributed by atoms with Crippen molar-refractivity contribution in [2.75, 3.05) is 26.2 Å². The van der Waals surface area contributed by atoms with E-state index in [2.05, 4.69) is 15.2 Å². The maximum atomic E-state index is 6.03.